The summed E-state index contributed by atoms with van der Waals surface area (Å²) in [5, 5.41) is 11.7. The number of methoxy groups -OCH3 is 1. The highest BCUT2D eigenvalue weighted by molar-refractivity contribution is 5.98. The van der Waals surface area contributed by atoms with E-state index in [0.717, 1.165) is 24.1 Å². The molecule has 1 unspecified atom stereocenters. The molecule has 1 aliphatic carbocycles. The third kappa shape index (κ3) is 1.88. The van der Waals surface area contributed by atoms with E-state index in [4.69, 9.17) is 9.47 Å². The molecular weight excluding hydrogens is 318 g/mol. The second-order valence-electron chi connectivity index (χ2n) is 7.61. The molecule has 1 N–H and O–H groups in total. The van der Waals surface area contributed by atoms with Crippen LogP contribution in [0.5, 0.6) is 11.5 Å². The lowest BCUT2D eigenvalue weighted by Crippen LogP contribution is -2.71. The Morgan fingerprint density at radius 3 is 2.88 bits per heavy atom. The van der Waals surface area contributed by atoms with Gasteiger partial charge in [-0.2, -0.15) is 0 Å². The zero-order chi connectivity index (χ0) is 18.0. The Hall–Kier alpha value is -1.85. The molecule has 3 aliphatic rings. The molecule has 4 rings (SSSR count). The molecule has 0 amide bonds. The van der Waals surface area contributed by atoms with Gasteiger partial charge in [-0.3, -0.25) is 4.79 Å². The first-order chi connectivity index (χ1) is 11.9. The number of hydrogen-bond acceptors (Lipinski definition) is 5. The smallest absolute Gasteiger partial charge is 0.197 e. The number of aryl methyl sites for hydroxylation is 1. The standard InChI is InChI=1S/C20H25NO4/c1-5-13-6-7-15(24-4)17-16(13)20-12(2)10-21(3)11-19(20,23)9-8-14(22)18(20)25-17/h6-9,12,18,23H,5,10-11H2,1-4H3/t12?,18-,19+,20-/m0/s1. The maximum Gasteiger partial charge on any atom is 0.197 e. The van der Waals surface area contributed by atoms with Crippen LogP contribution in [0.2, 0.25) is 0 Å². The first-order valence-electron chi connectivity index (χ1n) is 8.90. The van der Waals surface area contributed by atoms with E-state index in [2.05, 4.69) is 18.7 Å². The predicted molar refractivity (Wildman–Crippen MR) is 94.2 cm³/mol. The lowest BCUT2D eigenvalue weighted by Gasteiger charge is -2.56. The summed E-state index contributed by atoms with van der Waals surface area (Å²) in [5.41, 5.74) is 0.136. The molecular formula is C20H25NO4. The van der Waals surface area contributed by atoms with Crippen molar-refractivity contribution >= 4 is 5.78 Å². The number of ether oxygens (including phenoxy) is 2. The predicted octanol–water partition coefficient (Wildman–Crippen LogP) is 1.71. The molecule has 5 heteroatoms. The van der Waals surface area contributed by atoms with Crippen LogP contribution in [0.1, 0.15) is 25.0 Å². The minimum absolute atomic E-state index is 0.0498. The number of fused-ring (bicyclic) bond motifs is 1. The normalized spacial score (nSPS) is 36.4. The number of aliphatic hydroxyl groups is 1. The van der Waals surface area contributed by atoms with Gasteiger partial charge in [0.25, 0.3) is 0 Å². The lowest BCUT2D eigenvalue weighted by molar-refractivity contribution is -0.146. The number of β-amino-alcohol motifs (C(OH)–C–C–N with tert-alkyl or cyclic N) is 1. The third-order valence-corrected chi connectivity index (χ3v) is 6.24. The molecule has 25 heavy (non-hydrogen) atoms. The number of hydrogen-bond donors (Lipinski definition) is 1. The molecule has 1 aromatic rings. The van der Waals surface area contributed by atoms with Crippen molar-refractivity contribution in [1.29, 1.82) is 0 Å². The van der Waals surface area contributed by atoms with Crippen molar-refractivity contribution in [2.75, 3.05) is 27.2 Å². The van der Waals surface area contributed by atoms with E-state index in [-0.39, 0.29) is 11.7 Å². The van der Waals surface area contributed by atoms with Gasteiger partial charge in [0.2, 0.25) is 0 Å². The number of ketones is 1. The highest BCUT2D eigenvalue weighted by Crippen LogP contribution is 2.61. The van der Waals surface area contributed by atoms with Gasteiger partial charge in [-0.25, -0.2) is 0 Å². The number of piperidine rings is 1. The number of benzene rings is 1. The SMILES string of the molecule is CCc1ccc(OC)c2c1[C@]13C(C)CN(C)C[C@]1(O)C=CC(=O)[C@@H]3O2. The largest absolute Gasteiger partial charge is 0.493 e. The van der Waals surface area contributed by atoms with Crippen LogP contribution in [-0.4, -0.2) is 54.7 Å². The Balaban J connectivity index is 2.07. The van der Waals surface area contributed by atoms with Crippen molar-refractivity contribution in [2.45, 2.75) is 37.4 Å². The zero-order valence-corrected chi connectivity index (χ0v) is 15.2. The highest BCUT2D eigenvalue weighted by Gasteiger charge is 2.69. The van der Waals surface area contributed by atoms with Crippen molar-refractivity contribution in [1.82, 2.24) is 4.90 Å². The van der Waals surface area contributed by atoms with E-state index in [0.29, 0.717) is 18.0 Å². The van der Waals surface area contributed by atoms with Crippen LogP contribution in [0.25, 0.3) is 0 Å². The third-order valence-electron chi connectivity index (χ3n) is 6.24. The summed E-state index contributed by atoms with van der Waals surface area (Å²) >= 11 is 0. The topological polar surface area (TPSA) is 59.0 Å². The van der Waals surface area contributed by atoms with Gasteiger partial charge in [-0.1, -0.05) is 19.9 Å². The Kier molecular flexibility index (Phi) is 3.54. The monoisotopic (exact) mass is 343 g/mol. The fourth-order valence-electron chi connectivity index (χ4n) is 5.35. The van der Waals surface area contributed by atoms with E-state index in [9.17, 15) is 9.90 Å². The van der Waals surface area contributed by atoms with Crippen molar-refractivity contribution < 1.29 is 19.4 Å². The number of nitrogens with zero attached hydrogens (tertiary/aromatic N) is 1. The number of carbonyl (C=O) groups is 1. The first kappa shape index (κ1) is 16.6. The van der Waals surface area contributed by atoms with Gasteiger partial charge in [-0.05, 0) is 43.2 Å². The molecule has 1 fully saturated rings. The Labute approximate surface area is 148 Å². The summed E-state index contributed by atoms with van der Waals surface area (Å²) in [6.45, 7) is 5.46. The van der Waals surface area contributed by atoms with Crippen LogP contribution < -0.4 is 9.47 Å². The molecule has 1 spiro atoms. The van der Waals surface area contributed by atoms with Crippen LogP contribution in [0, 0.1) is 5.92 Å². The molecule has 0 bridgehead atoms. The Morgan fingerprint density at radius 1 is 1.44 bits per heavy atom. The molecule has 134 valence electrons. The van der Waals surface area contributed by atoms with E-state index in [1.54, 1.807) is 13.2 Å². The Morgan fingerprint density at radius 2 is 2.20 bits per heavy atom. The van der Waals surface area contributed by atoms with Crippen LogP contribution in [0.4, 0.5) is 0 Å². The van der Waals surface area contributed by atoms with E-state index in [1.807, 2.05) is 19.2 Å². The van der Waals surface area contributed by atoms with Gasteiger partial charge in [0.15, 0.2) is 23.4 Å². The molecule has 2 heterocycles. The zero-order valence-electron chi connectivity index (χ0n) is 15.2. The highest BCUT2D eigenvalue weighted by atomic mass is 16.5. The molecule has 0 saturated carbocycles. The second-order valence-corrected chi connectivity index (χ2v) is 7.61. The number of carbonyl (C=O) groups excluding carboxylic acids is 1. The Bertz CT molecular complexity index is 773. The summed E-state index contributed by atoms with van der Waals surface area (Å²) in [6.07, 6.45) is 3.28. The van der Waals surface area contributed by atoms with E-state index in [1.165, 1.54) is 6.08 Å². The summed E-state index contributed by atoms with van der Waals surface area (Å²) in [5.74, 6) is 1.21. The van der Waals surface area contributed by atoms with E-state index < -0.39 is 17.1 Å². The summed E-state index contributed by atoms with van der Waals surface area (Å²) in [7, 11) is 3.61. The maximum atomic E-state index is 12.8. The quantitative estimate of drug-likeness (QED) is 0.886. The van der Waals surface area contributed by atoms with E-state index >= 15 is 0 Å². The van der Waals surface area contributed by atoms with Crippen LogP contribution in [0.3, 0.4) is 0 Å². The van der Waals surface area contributed by atoms with Crippen molar-refractivity contribution in [3.05, 3.63) is 35.4 Å². The van der Waals surface area contributed by atoms with Gasteiger partial charge in [0.05, 0.1) is 12.5 Å². The minimum atomic E-state index is -1.15. The van der Waals surface area contributed by atoms with Crippen molar-refractivity contribution in [2.24, 2.45) is 5.92 Å². The fraction of sp³-hybridized carbons (Fsp3) is 0.550. The van der Waals surface area contributed by atoms with Gasteiger partial charge in [-0.15, -0.1) is 0 Å². The van der Waals surface area contributed by atoms with Crippen molar-refractivity contribution in [3.63, 3.8) is 0 Å². The van der Waals surface area contributed by atoms with Crippen LogP contribution in [0.15, 0.2) is 24.3 Å². The maximum absolute atomic E-state index is 12.8. The van der Waals surface area contributed by atoms with Gasteiger partial charge >= 0.3 is 0 Å². The number of likely N-dealkylation sites (N-methyl/N-ethyl adjacent to an activating group) is 1. The van der Waals surface area contributed by atoms with Gasteiger partial charge in [0, 0.05) is 18.7 Å². The van der Waals surface area contributed by atoms with Gasteiger partial charge < -0.3 is 19.5 Å². The molecule has 2 aliphatic heterocycles. The lowest BCUT2D eigenvalue weighted by atomic mass is 9.53. The average molecular weight is 343 g/mol. The molecule has 1 saturated heterocycles. The second kappa shape index (κ2) is 5.32. The summed E-state index contributed by atoms with van der Waals surface area (Å²) < 4.78 is 11.7. The van der Waals surface area contributed by atoms with Crippen LogP contribution >= 0.6 is 0 Å². The minimum Gasteiger partial charge on any atom is -0.493 e. The molecule has 1 aromatic carbocycles. The molecule has 0 radical (unpaired) electrons. The first-order valence-corrected chi connectivity index (χ1v) is 8.90. The summed E-state index contributed by atoms with van der Waals surface area (Å²) in [4.78, 5) is 14.9. The number of likely N-dealkylation sites (tertiary alicyclic amines) is 1. The molecule has 0 aromatic heterocycles. The van der Waals surface area contributed by atoms with Crippen LogP contribution in [-0.2, 0) is 16.6 Å². The molecule has 4 atom stereocenters. The average Bonchev–Trinajstić information content (AvgIpc) is 2.95. The number of rotatable bonds is 2. The van der Waals surface area contributed by atoms with Gasteiger partial charge in [0.1, 0.15) is 5.60 Å². The fourth-order valence-corrected chi connectivity index (χ4v) is 5.35. The van der Waals surface area contributed by atoms with Crippen molar-refractivity contribution in [3.8, 4) is 11.5 Å². The summed E-state index contributed by atoms with van der Waals surface area (Å²) in [6, 6.07) is 3.93. The molecule has 5 nitrogen and oxygen atoms in total.